The van der Waals surface area contributed by atoms with Gasteiger partial charge in [0.15, 0.2) is 0 Å². The largest absolute Gasteiger partial charge is 0.271 e. The van der Waals surface area contributed by atoms with Crippen LogP contribution in [0.25, 0.3) is 0 Å². The second-order valence-corrected chi connectivity index (χ2v) is 6.21. The third-order valence-electron chi connectivity index (χ3n) is 2.22. The van der Waals surface area contributed by atoms with Gasteiger partial charge in [0.2, 0.25) is 0 Å². The van der Waals surface area contributed by atoms with Crippen LogP contribution in [0.5, 0.6) is 0 Å². The lowest BCUT2D eigenvalue weighted by Crippen LogP contribution is -2.18. The highest BCUT2D eigenvalue weighted by atomic mass is 79.9. The molecule has 2 rings (SSSR count). The van der Waals surface area contributed by atoms with Gasteiger partial charge in [-0.3, -0.25) is 4.79 Å². The Bertz CT molecular complexity index is 628. The first-order valence-electron chi connectivity index (χ1n) is 5.06. The van der Waals surface area contributed by atoms with Crippen LogP contribution >= 0.6 is 27.3 Å². The van der Waals surface area contributed by atoms with E-state index >= 15 is 0 Å². The van der Waals surface area contributed by atoms with Crippen molar-refractivity contribution in [1.82, 2.24) is 4.68 Å². The summed E-state index contributed by atoms with van der Waals surface area (Å²) in [6, 6.07) is 7.42. The number of thiophene rings is 1. The van der Waals surface area contributed by atoms with Crippen LogP contribution in [0.3, 0.4) is 0 Å². The first kappa shape index (κ1) is 12.3. The Hall–Kier alpha value is -1.20. The van der Waals surface area contributed by atoms with Gasteiger partial charge in [0, 0.05) is 16.6 Å². The third kappa shape index (κ3) is 2.92. The zero-order valence-corrected chi connectivity index (χ0v) is 11.9. The number of hydrogen-bond acceptors (Lipinski definition) is 3. The molecule has 0 atom stereocenters. The molecule has 0 N–H and O–H groups in total. The summed E-state index contributed by atoms with van der Waals surface area (Å²) < 4.78 is 2.45. The molecule has 0 amide bonds. The molecular formula is C12H11BrN2OS. The van der Waals surface area contributed by atoms with Crippen molar-refractivity contribution in [2.45, 2.75) is 13.8 Å². The van der Waals surface area contributed by atoms with Gasteiger partial charge in [-0.1, -0.05) is 0 Å². The Kier molecular flexibility index (Phi) is 3.59. The van der Waals surface area contributed by atoms with E-state index in [2.05, 4.69) is 21.0 Å². The fourth-order valence-corrected chi connectivity index (χ4v) is 2.81. The molecule has 88 valence electrons. The van der Waals surface area contributed by atoms with Crippen molar-refractivity contribution in [1.29, 1.82) is 0 Å². The van der Waals surface area contributed by atoms with Gasteiger partial charge in [-0.05, 0) is 53.5 Å². The minimum Gasteiger partial charge on any atom is -0.267 e. The van der Waals surface area contributed by atoms with E-state index in [1.54, 1.807) is 23.6 Å². The van der Waals surface area contributed by atoms with Crippen LogP contribution in [0.1, 0.15) is 16.1 Å². The van der Waals surface area contributed by atoms with E-state index in [0.29, 0.717) is 0 Å². The molecule has 0 aliphatic carbocycles. The summed E-state index contributed by atoms with van der Waals surface area (Å²) in [7, 11) is 0. The van der Waals surface area contributed by atoms with Crippen molar-refractivity contribution in [3.8, 4) is 0 Å². The molecule has 2 aromatic heterocycles. The van der Waals surface area contributed by atoms with Gasteiger partial charge in [0.25, 0.3) is 5.56 Å². The lowest BCUT2D eigenvalue weighted by molar-refractivity contribution is 0.791. The summed E-state index contributed by atoms with van der Waals surface area (Å²) in [5.74, 6) is 0. The molecule has 0 unspecified atom stereocenters. The first-order valence-corrected chi connectivity index (χ1v) is 6.67. The van der Waals surface area contributed by atoms with Gasteiger partial charge >= 0.3 is 0 Å². The van der Waals surface area contributed by atoms with Crippen molar-refractivity contribution in [3.63, 3.8) is 0 Å². The van der Waals surface area contributed by atoms with Gasteiger partial charge in [0.1, 0.15) is 0 Å². The number of aromatic nitrogens is 1. The van der Waals surface area contributed by atoms with Crippen molar-refractivity contribution >= 4 is 33.5 Å². The van der Waals surface area contributed by atoms with E-state index in [0.717, 1.165) is 19.9 Å². The maximum Gasteiger partial charge on any atom is 0.271 e. The molecule has 0 bridgehead atoms. The SMILES string of the molecule is Cc1cc(C)n(N=Cc2ccc(Br)s2)c(=O)c1. The first-order chi connectivity index (χ1) is 8.06. The molecule has 0 saturated heterocycles. The van der Waals surface area contributed by atoms with Crippen LogP contribution in [-0.4, -0.2) is 10.9 Å². The van der Waals surface area contributed by atoms with E-state index < -0.39 is 0 Å². The van der Waals surface area contributed by atoms with Gasteiger partial charge in [-0.15, -0.1) is 11.3 Å². The minimum absolute atomic E-state index is 0.102. The molecule has 17 heavy (non-hydrogen) atoms. The average Bonchev–Trinajstić information content (AvgIpc) is 2.62. The molecule has 0 aliphatic rings. The summed E-state index contributed by atoms with van der Waals surface area (Å²) >= 11 is 4.96. The minimum atomic E-state index is -0.102. The van der Waals surface area contributed by atoms with Crippen LogP contribution < -0.4 is 5.56 Å². The Morgan fingerprint density at radius 2 is 2.12 bits per heavy atom. The molecular weight excluding hydrogens is 300 g/mol. The molecule has 0 radical (unpaired) electrons. The lowest BCUT2D eigenvalue weighted by atomic mass is 10.2. The molecule has 5 heteroatoms. The monoisotopic (exact) mass is 310 g/mol. The molecule has 3 nitrogen and oxygen atoms in total. The molecule has 2 aromatic rings. The fraction of sp³-hybridized carbons (Fsp3) is 0.167. The van der Waals surface area contributed by atoms with Crippen LogP contribution in [0, 0.1) is 13.8 Å². The number of pyridine rings is 1. The van der Waals surface area contributed by atoms with Gasteiger partial charge in [-0.2, -0.15) is 5.10 Å². The van der Waals surface area contributed by atoms with Crippen molar-refractivity contribution in [3.05, 3.63) is 54.5 Å². The fourth-order valence-electron chi connectivity index (χ4n) is 1.52. The van der Waals surface area contributed by atoms with Gasteiger partial charge < -0.3 is 0 Å². The van der Waals surface area contributed by atoms with Crippen molar-refractivity contribution in [2.75, 3.05) is 0 Å². The number of hydrogen-bond donors (Lipinski definition) is 0. The summed E-state index contributed by atoms with van der Waals surface area (Å²) in [6.07, 6.45) is 1.69. The molecule has 0 fully saturated rings. The maximum absolute atomic E-state index is 11.7. The highest BCUT2D eigenvalue weighted by molar-refractivity contribution is 9.11. The maximum atomic E-state index is 11.7. The van der Waals surface area contributed by atoms with E-state index in [9.17, 15) is 4.79 Å². The standard InChI is InChI=1S/C12H11BrN2OS/c1-8-5-9(2)15(12(16)6-8)14-7-10-3-4-11(13)17-10/h3-7H,1-2H3. The van der Waals surface area contributed by atoms with E-state index in [-0.39, 0.29) is 5.56 Å². The van der Waals surface area contributed by atoms with Crippen molar-refractivity contribution < 1.29 is 0 Å². The third-order valence-corrected chi connectivity index (χ3v) is 3.78. The molecule has 0 aliphatic heterocycles. The number of rotatable bonds is 2. The second kappa shape index (κ2) is 4.98. The number of nitrogens with zero attached hydrogens (tertiary/aromatic N) is 2. The zero-order chi connectivity index (χ0) is 12.4. The Morgan fingerprint density at radius 3 is 2.71 bits per heavy atom. The Morgan fingerprint density at radius 1 is 1.35 bits per heavy atom. The summed E-state index contributed by atoms with van der Waals surface area (Å²) in [4.78, 5) is 12.7. The van der Waals surface area contributed by atoms with Crippen molar-refractivity contribution in [2.24, 2.45) is 5.10 Å². The predicted molar refractivity (Wildman–Crippen MR) is 75.2 cm³/mol. The molecule has 0 saturated carbocycles. The highest BCUT2D eigenvalue weighted by Crippen LogP contribution is 2.20. The summed E-state index contributed by atoms with van der Waals surface area (Å²) in [5.41, 5.74) is 1.69. The quantitative estimate of drug-likeness (QED) is 0.785. The second-order valence-electron chi connectivity index (χ2n) is 3.71. The van der Waals surface area contributed by atoms with E-state index in [1.807, 2.05) is 32.0 Å². The average molecular weight is 311 g/mol. The van der Waals surface area contributed by atoms with Crippen LogP contribution in [0.15, 0.2) is 37.9 Å². The van der Waals surface area contributed by atoms with Crippen LogP contribution in [0.4, 0.5) is 0 Å². The van der Waals surface area contributed by atoms with Crippen LogP contribution in [-0.2, 0) is 0 Å². The van der Waals surface area contributed by atoms with E-state index in [1.165, 1.54) is 4.68 Å². The van der Waals surface area contributed by atoms with Crippen LogP contribution in [0.2, 0.25) is 0 Å². The molecule has 2 heterocycles. The highest BCUT2D eigenvalue weighted by Gasteiger charge is 1.99. The number of aryl methyl sites for hydroxylation is 2. The lowest BCUT2D eigenvalue weighted by Gasteiger charge is -2.03. The molecule has 0 aromatic carbocycles. The summed E-state index contributed by atoms with van der Waals surface area (Å²) in [5, 5.41) is 4.20. The normalized spacial score (nSPS) is 11.2. The predicted octanol–water partition coefficient (Wildman–Crippen LogP) is 3.17. The Balaban J connectivity index is 2.36. The van der Waals surface area contributed by atoms with E-state index in [4.69, 9.17) is 0 Å². The zero-order valence-electron chi connectivity index (χ0n) is 9.48. The topological polar surface area (TPSA) is 34.4 Å². The number of halogens is 1. The molecule has 0 spiro atoms. The summed E-state index contributed by atoms with van der Waals surface area (Å²) in [6.45, 7) is 3.77. The van der Waals surface area contributed by atoms with Gasteiger partial charge in [-0.25, -0.2) is 4.68 Å². The van der Waals surface area contributed by atoms with Gasteiger partial charge in [0.05, 0.1) is 10.0 Å². The Labute approximate surface area is 112 Å². The smallest absolute Gasteiger partial charge is 0.267 e.